The van der Waals surface area contributed by atoms with Crippen LogP contribution in [0.25, 0.3) is 0 Å². The van der Waals surface area contributed by atoms with E-state index in [1.807, 2.05) is 19.2 Å². The first-order valence-corrected chi connectivity index (χ1v) is 13.0. The van der Waals surface area contributed by atoms with Gasteiger partial charge in [0.25, 0.3) is 0 Å². The van der Waals surface area contributed by atoms with Gasteiger partial charge in [0.1, 0.15) is 24.2 Å². The van der Waals surface area contributed by atoms with E-state index in [1.54, 1.807) is 30.3 Å². The first-order chi connectivity index (χ1) is 19.2. The van der Waals surface area contributed by atoms with Crippen molar-refractivity contribution >= 4 is 35.5 Å². The lowest BCUT2D eigenvalue weighted by atomic mass is 10.0. The van der Waals surface area contributed by atoms with E-state index in [1.165, 1.54) is 6.92 Å². The maximum atomic E-state index is 13.3. The number of carbonyl (C=O) groups is 6. The lowest BCUT2D eigenvalue weighted by Crippen LogP contribution is -2.61. The van der Waals surface area contributed by atoms with Crippen LogP contribution in [0.3, 0.4) is 0 Å². The number of aliphatic hydroxyl groups is 2. The molecule has 0 radical (unpaired) electrons. The number of rotatable bonds is 17. The van der Waals surface area contributed by atoms with Crippen LogP contribution in [0, 0.1) is 5.92 Å². The molecule has 0 aliphatic carbocycles. The molecule has 15 heteroatoms. The monoisotopic (exact) mass is 580 g/mol. The van der Waals surface area contributed by atoms with Gasteiger partial charge in [-0.3, -0.25) is 24.0 Å². The highest BCUT2D eigenvalue weighted by molar-refractivity contribution is 5.97. The number of aliphatic carboxylic acids is 1. The second-order valence-corrected chi connectivity index (χ2v) is 10.0. The van der Waals surface area contributed by atoms with Gasteiger partial charge < -0.3 is 48.1 Å². The van der Waals surface area contributed by atoms with Crippen LogP contribution in [0.2, 0.25) is 0 Å². The van der Waals surface area contributed by atoms with Crippen LogP contribution >= 0.6 is 0 Å². The fraction of sp³-hybridized carbons (Fsp3) is 0.538. The molecule has 15 nitrogen and oxygen atoms in total. The number of amides is 5. The van der Waals surface area contributed by atoms with Gasteiger partial charge in [-0.15, -0.1) is 0 Å². The van der Waals surface area contributed by atoms with Gasteiger partial charge in [0.2, 0.25) is 29.5 Å². The number of aliphatic hydroxyl groups excluding tert-OH is 2. The van der Waals surface area contributed by atoms with Gasteiger partial charge in [-0.05, 0) is 24.8 Å². The Bertz CT molecular complexity index is 1070. The second-order valence-electron chi connectivity index (χ2n) is 10.0. The SMILES string of the molecule is CC(C)C[C@H](N)C(=O)N[C@H](Cc1ccccc1)C(=O)N[C@H](C(=O)N[C@@H](CC(N)=O)C(=O)N[C@@H](CO)C(=O)O)[C@H](C)O. The molecule has 0 saturated carbocycles. The third-order valence-corrected chi connectivity index (χ3v) is 5.88. The number of nitrogens with two attached hydrogens (primary N) is 2. The zero-order chi connectivity index (χ0) is 31.3. The average Bonchev–Trinajstić information content (AvgIpc) is 2.88. The van der Waals surface area contributed by atoms with Crippen LogP contribution in [0.1, 0.15) is 39.2 Å². The molecule has 1 aromatic rings. The highest BCUT2D eigenvalue weighted by Crippen LogP contribution is 2.08. The van der Waals surface area contributed by atoms with Gasteiger partial charge in [0.05, 0.1) is 25.2 Å². The summed E-state index contributed by atoms with van der Waals surface area (Å²) >= 11 is 0. The van der Waals surface area contributed by atoms with Crippen molar-refractivity contribution in [3.8, 4) is 0 Å². The van der Waals surface area contributed by atoms with Gasteiger partial charge in [0.15, 0.2) is 0 Å². The van der Waals surface area contributed by atoms with Crippen molar-refractivity contribution in [1.29, 1.82) is 0 Å². The summed E-state index contributed by atoms with van der Waals surface area (Å²) < 4.78 is 0. The fourth-order valence-corrected chi connectivity index (χ4v) is 3.74. The normalized spacial score (nSPS) is 15.4. The molecule has 0 aliphatic heterocycles. The maximum absolute atomic E-state index is 13.3. The first-order valence-electron chi connectivity index (χ1n) is 13.0. The van der Waals surface area contributed by atoms with E-state index in [4.69, 9.17) is 21.7 Å². The molecule has 1 aromatic carbocycles. The Balaban J connectivity index is 3.15. The number of carboxylic acids is 1. The summed E-state index contributed by atoms with van der Waals surface area (Å²) in [4.78, 5) is 74.3. The maximum Gasteiger partial charge on any atom is 0.328 e. The van der Waals surface area contributed by atoms with Gasteiger partial charge in [-0.25, -0.2) is 4.79 Å². The third kappa shape index (κ3) is 12.3. The van der Waals surface area contributed by atoms with Crippen molar-refractivity contribution in [2.75, 3.05) is 6.61 Å². The minimum atomic E-state index is -1.73. The summed E-state index contributed by atoms with van der Waals surface area (Å²) in [6.45, 7) is 3.97. The van der Waals surface area contributed by atoms with Crippen LogP contribution in [0.15, 0.2) is 30.3 Å². The van der Waals surface area contributed by atoms with Crippen molar-refractivity contribution in [1.82, 2.24) is 21.3 Å². The molecule has 228 valence electrons. The van der Waals surface area contributed by atoms with E-state index in [2.05, 4.69) is 16.0 Å². The molecule has 1 rings (SSSR count). The largest absolute Gasteiger partial charge is 0.480 e. The fourth-order valence-electron chi connectivity index (χ4n) is 3.74. The lowest BCUT2D eigenvalue weighted by Gasteiger charge is -2.27. The second kappa shape index (κ2) is 16.9. The van der Waals surface area contributed by atoms with Crippen LogP contribution in [-0.2, 0) is 35.2 Å². The van der Waals surface area contributed by atoms with Gasteiger partial charge >= 0.3 is 5.97 Å². The van der Waals surface area contributed by atoms with E-state index in [-0.39, 0.29) is 12.3 Å². The summed E-state index contributed by atoms with van der Waals surface area (Å²) in [5, 5.41) is 37.5. The molecule has 0 unspecified atom stereocenters. The summed E-state index contributed by atoms with van der Waals surface area (Å²) in [7, 11) is 0. The predicted molar refractivity (Wildman–Crippen MR) is 146 cm³/mol. The van der Waals surface area contributed by atoms with Crippen LogP contribution < -0.4 is 32.7 Å². The molecule has 0 aliphatic rings. The molecule has 0 aromatic heterocycles. The quantitative estimate of drug-likeness (QED) is 0.0894. The smallest absolute Gasteiger partial charge is 0.328 e. The molecule has 0 heterocycles. The third-order valence-electron chi connectivity index (χ3n) is 5.88. The topological polar surface area (TPSA) is 263 Å². The molecular formula is C26H40N6O9. The number of carboxylic acid groups (broad SMARTS) is 1. The lowest BCUT2D eigenvalue weighted by molar-refractivity contribution is -0.143. The van der Waals surface area contributed by atoms with E-state index in [0.29, 0.717) is 12.0 Å². The molecule has 11 N–H and O–H groups in total. The molecule has 0 fully saturated rings. The van der Waals surface area contributed by atoms with E-state index in [9.17, 15) is 33.9 Å². The van der Waals surface area contributed by atoms with Crippen molar-refractivity contribution in [3.63, 3.8) is 0 Å². The number of nitrogens with one attached hydrogen (secondary N) is 4. The Kier molecular flexibility index (Phi) is 14.4. The molecular weight excluding hydrogens is 540 g/mol. The van der Waals surface area contributed by atoms with E-state index in [0.717, 1.165) is 0 Å². The molecule has 0 saturated heterocycles. The van der Waals surface area contributed by atoms with Crippen LogP contribution in [0.4, 0.5) is 0 Å². The van der Waals surface area contributed by atoms with E-state index >= 15 is 0 Å². The number of hydrogen-bond donors (Lipinski definition) is 9. The zero-order valence-corrected chi connectivity index (χ0v) is 23.2. The number of carbonyl (C=O) groups excluding carboxylic acids is 5. The van der Waals surface area contributed by atoms with Crippen LogP contribution in [0.5, 0.6) is 0 Å². The van der Waals surface area contributed by atoms with Gasteiger partial charge in [-0.1, -0.05) is 44.2 Å². The Morgan fingerprint density at radius 2 is 1.34 bits per heavy atom. The number of benzene rings is 1. The highest BCUT2D eigenvalue weighted by atomic mass is 16.4. The van der Waals surface area contributed by atoms with E-state index < -0.39 is 84.8 Å². The Hall–Kier alpha value is -4.08. The summed E-state index contributed by atoms with van der Waals surface area (Å²) in [5.41, 5.74) is 11.8. The van der Waals surface area contributed by atoms with Gasteiger partial charge in [-0.2, -0.15) is 0 Å². The number of primary amides is 1. The van der Waals surface area contributed by atoms with Crippen molar-refractivity contribution < 1.29 is 44.1 Å². The molecule has 0 spiro atoms. The Morgan fingerprint density at radius 3 is 1.83 bits per heavy atom. The molecule has 5 amide bonds. The predicted octanol–water partition coefficient (Wildman–Crippen LogP) is -3.13. The van der Waals surface area contributed by atoms with Crippen LogP contribution in [-0.4, -0.2) is 93.7 Å². The minimum absolute atomic E-state index is 0.0192. The zero-order valence-electron chi connectivity index (χ0n) is 23.2. The Labute approximate surface area is 237 Å². The molecule has 6 atom stereocenters. The van der Waals surface area contributed by atoms with Crippen molar-refractivity contribution in [2.45, 2.75) is 76.3 Å². The standard InChI is InChI=1S/C26H40N6O9/c1-13(2)9-16(27)22(36)29-17(10-15-7-5-4-6-8-15)24(38)32-21(14(3)34)25(39)30-18(11-20(28)35)23(37)31-19(12-33)26(40)41/h4-8,13-14,16-19,21,33-34H,9-12,27H2,1-3H3,(H2,28,35)(H,29,36)(H,30,39)(H,31,37)(H,32,38)(H,40,41)/t14-,16-,17+,18-,19-,21-/m0/s1. The molecule has 41 heavy (non-hydrogen) atoms. The molecule has 0 bridgehead atoms. The highest BCUT2D eigenvalue weighted by Gasteiger charge is 2.34. The first kappa shape index (κ1) is 34.9. The number of hydrogen-bond acceptors (Lipinski definition) is 9. The van der Waals surface area contributed by atoms with Crippen molar-refractivity contribution in [3.05, 3.63) is 35.9 Å². The average molecular weight is 581 g/mol. The summed E-state index contributed by atoms with van der Waals surface area (Å²) in [6.07, 6.45) is -1.90. The Morgan fingerprint density at radius 1 is 0.805 bits per heavy atom. The summed E-state index contributed by atoms with van der Waals surface area (Å²) in [5.74, 6) is -6.19. The minimum Gasteiger partial charge on any atom is -0.480 e. The van der Waals surface area contributed by atoms with Gasteiger partial charge in [0, 0.05) is 6.42 Å². The summed E-state index contributed by atoms with van der Waals surface area (Å²) in [6, 6.07) is 1.48. The van der Waals surface area contributed by atoms with Crippen molar-refractivity contribution in [2.24, 2.45) is 17.4 Å².